The third-order valence-corrected chi connectivity index (χ3v) is 2.72. The van der Waals surface area contributed by atoms with Crippen LogP contribution in [-0.4, -0.2) is 53.4 Å². The Morgan fingerprint density at radius 2 is 2.50 bits per heavy atom. The number of nitrogens with zero attached hydrogens (tertiary/aromatic N) is 2. The van der Waals surface area contributed by atoms with E-state index in [4.69, 9.17) is 4.74 Å². The summed E-state index contributed by atoms with van der Waals surface area (Å²) in [5.41, 5.74) is 0. The van der Waals surface area contributed by atoms with Crippen LogP contribution in [0.15, 0.2) is 0 Å². The van der Waals surface area contributed by atoms with Gasteiger partial charge in [0.1, 0.15) is 5.82 Å². The maximum atomic E-state index is 11.8. The highest BCUT2D eigenvalue weighted by molar-refractivity contribution is 5.90. The first-order valence-corrected chi connectivity index (χ1v) is 6.31. The van der Waals surface area contributed by atoms with E-state index >= 15 is 0 Å². The van der Waals surface area contributed by atoms with E-state index in [1.807, 2.05) is 0 Å². The molecule has 1 aromatic heterocycles. The van der Waals surface area contributed by atoms with Crippen molar-refractivity contribution in [1.29, 1.82) is 0 Å². The zero-order chi connectivity index (χ0) is 12.8. The number of amides is 1. The molecule has 1 aromatic rings. The quantitative estimate of drug-likeness (QED) is 0.656. The average Bonchev–Trinajstić information content (AvgIpc) is 2.86. The second-order valence-corrected chi connectivity index (χ2v) is 4.26. The molecule has 1 unspecified atom stereocenters. The first-order chi connectivity index (χ1) is 8.79. The molecule has 2 rings (SSSR count). The van der Waals surface area contributed by atoms with Crippen molar-refractivity contribution in [2.24, 2.45) is 0 Å². The number of hydrogen-bond donors (Lipinski definition) is 3. The van der Waals surface area contributed by atoms with Gasteiger partial charge in [-0.3, -0.25) is 9.89 Å². The fourth-order valence-corrected chi connectivity index (χ4v) is 1.78. The number of morpholine rings is 1. The van der Waals surface area contributed by atoms with Crippen LogP contribution in [0.2, 0.25) is 0 Å². The number of ether oxygens (including phenoxy) is 1. The van der Waals surface area contributed by atoms with Gasteiger partial charge in [-0.15, -0.1) is 5.10 Å². The second kappa shape index (κ2) is 6.46. The maximum Gasteiger partial charge on any atom is 0.291 e. The summed E-state index contributed by atoms with van der Waals surface area (Å²) in [5.74, 6) is 0.684. The number of carbonyl (C=O) groups is 1. The normalized spacial score (nSPS) is 19.7. The third-order valence-electron chi connectivity index (χ3n) is 2.72. The molecule has 0 aromatic carbocycles. The maximum absolute atomic E-state index is 11.8. The van der Waals surface area contributed by atoms with Gasteiger partial charge in [0.2, 0.25) is 5.82 Å². The van der Waals surface area contributed by atoms with Crippen molar-refractivity contribution in [2.75, 3.05) is 26.2 Å². The van der Waals surface area contributed by atoms with Crippen LogP contribution in [0.4, 0.5) is 0 Å². The molecule has 1 atom stereocenters. The SMILES string of the molecule is CCCc1nc(C(=O)NCC2CNCCO2)n[nH]1. The Kier molecular flexibility index (Phi) is 4.66. The molecule has 0 spiro atoms. The number of H-pyrrole nitrogens is 1. The smallest absolute Gasteiger partial charge is 0.291 e. The van der Waals surface area contributed by atoms with Crippen molar-refractivity contribution in [2.45, 2.75) is 25.9 Å². The van der Waals surface area contributed by atoms with Crippen LogP contribution in [0.5, 0.6) is 0 Å². The number of aromatic nitrogens is 3. The van der Waals surface area contributed by atoms with Crippen molar-refractivity contribution in [3.63, 3.8) is 0 Å². The molecule has 1 saturated heterocycles. The number of aryl methyl sites for hydroxylation is 1. The van der Waals surface area contributed by atoms with E-state index in [0.717, 1.165) is 31.8 Å². The molecule has 18 heavy (non-hydrogen) atoms. The minimum Gasteiger partial charge on any atom is -0.374 e. The van der Waals surface area contributed by atoms with E-state index in [1.165, 1.54) is 0 Å². The lowest BCUT2D eigenvalue weighted by atomic mass is 10.3. The van der Waals surface area contributed by atoms with Crippen molar-refractivity contribution in [3.8, 4) is 0 Å². The molecule has 1 aliphatic heterocycles. The van der Waals surface area contributed by atoms with Crippen LogP contribution in [0.3, 0.4) is 0 Å². The molecule has 0 radical (unpaired) electrons. The summed E-state index contributed by atoms with van der Waals surface area (Å²) in [6.07, 6.45) is 1.80. The molecular weight excluding hydrogens is 234 g/mol. The highest BCUT2D eigenvalue weighted by Gasteiger charge is 2.17. The molecule has 0 saturated carbocycles. The lowest BCUT2D eigenvalue weighted by Gasteiger charge is -2.23. The van der Waals surface area contributed by atoms with Gasteiger partial charge in [-0.05, 0) is 6.42 Å². The molecule has 0 aliphatic carbocycles. The summed E-state index contributed by atoms with van der Waals surface area (Å²) in [4.78, 5) is 15.9. The standard InChI is InChI=1S/C11H19N5O2/c1-2-3-9-14-10(16-15-9)11(17)13-7-8-6-12-4-5-18-8/h8,12H,2-7H2,1H3,(H,13,17)(H,14,15,16). The van der Waals surface area contributed by atoms with Gasteiger partial charge in [-0.25, -0.2) is 4.98 Å². The minimum atomic E-state index is -0.261. The van der Waals surface area contributed by atoms with E-state index in [2.05, 4.69) is 32.7 Å². The van der Waals surface area contributed by atoms with E-state index in [1.54, 1.807) is 0 Å². The van der Waals surface area contributed by atoms with Crippen LogP contribution in [-0.2, 0) is 11.2 Å². The number of aromatic amines is 1. The number of rotatable bonds is 5. The van der Waals surface area contributed by atoms with E-state index in [-0.39, 0.29) is 17.8 Å². The minimum absolute atomic E-state index is 0.0248. The van der Waals surface area contributed by atoms with Crippen LogP contribution in [0, 0.1) is 0 Å². The average molecular weight is 253 g/mol. The third kappa shape index (κ3) is 3.51. The van der Waals surface area contributed by atoms with Gasteiger partial charge in [-0.2, -0.15) is 0 Å². The second-order valence-electron chi connectivity index (χ2n) is 4.26. The summed E-state index contributed by atoms with van der Waals surface area (Å²) >= 11 is 0. The van der Waals surface area contributed by atoms with Crippen molar-refractivity contribution >= 4 is 5.91 Å². The largest absolute Gasteiger partial charge is 0.374 e. The van der Waals surface area contributed by atoms with Gasteiger partial charge in [0.25, 0.3) is 5.91 Å². The predicted molar refractivity (Wildman–Crippen MR) is 65.3 cm³/mol. The molecule has 2 heterocycles. The lowest BCUT2D eigenvalue weighted by Crippen LogP contribution is -2.45. The lowest BCUT2D eigenvalue weighted by molar-refractivity contribution is 0.0286. The van der Waals surface area contributed by atoms with Crippen molar-refractivity contribution in [1.82, 2.24) is 25.8 Å². The molecule has 1 fully saturated rings. The van der Waals surface area contributed by atoms with E-state index in [9.17, 15) is 4.79 Å². The fraction of sp³-hybridized carbons (Fsp3) is 0.727. The Bertz CT molecular complexity index is 387. The van der Waals surface area contributed by atoms with Crippen molar-refractivity contribution in [3.05, 3.63) is 11.6 Å². The zero-order valence-electron chi connectivity index (χ0n) is 10.5. The number of hydrogen-bond acceptors (Lipinski definition) is 5. The molecular formula is C11H19N5O2. The van der Waals surface area contributed by atoms with Crippen LogP contribution in [0.1, 0.15) is 29.8 Å². The highest BCUT2D eigenvalue weighted by Crippen LogP contribution is 1.98. The number of carbonyl (C=O) groups excluding carboxylic acids is 1. The monoisotopic (exact) mass is 253 g/mol. The molecule has 3 N–H and O–H groups in total. The highest BCUT2D eigenvalue weighted by atomic mass is 16.5. The summed E-state index contributed by atoms with van der Waals surface area (Å²) in [6, 6.07) is 0. The van der Waals surface area contributed by atoms with Gasteiger partial charge >= 0.3 is 0 Å². The van der Waals surface area contributed by atoms with Crippen LogP contribution >= 0.6 is 0 Å². The molecule has 1 aliphatic rings. The van der Waals surface area contributed by atoms with Crippen molar-refractivity contribution < 1.29 is 9.53 Å². The summed E-state index contributed by atoms with van der Waals surface area (Å²) in [6.45, 7) is 4.84. The van der Waals surface area contributed by atoms with E-state index in [0.29, 0.717) is 13.2 Å². The topological polar surface area (TPSA) is 91.9 Å². The Balaban J connectivity index is 1.79. The Morgan fingerprint density at radius 3 is 3.22 bits per heavy atom. The van der Waals surface area contributed by atoms with Gasteiger partial charge in [0.05, 0.1) is 12.7 Å². The Hall–Kier alpha value is -1.47. The van der Waals surface area contributed by atoms with Gasteiger partial charge < -0.3 is 15.4 Å². The summed E-state index contributed by atoms with van der Waals surface area (Å²) in [5, 5.41) is 12.6. The van der Waals surface area contributed by atoms with Gasteiger partial charge in [-0.1, -0.05) is 6.92 Å². The van der Waals surface area contributed by atoms with Crippen LogP contribution in [0.25, 0.3) is 0 Å². The molecule has 0 bridgehead atoms. The molecule has 7 heteroatoms. The first-order valence-electron chi connectivity index (χ1n) is 6.31. The Morgan fingerprint density at radius 1 is 1.61 bits per heavy atom. The summed E-state index contributed by atoms with van der Waals surface area (Å²) in [7, 11) is 0. The molecule has 1 amide bonds. The van der Waals surface area contributed by atoms with E-state index < -0.39 is 0 Å². The van der Waals surface area contributed by atoms with Crippen LogP contribution < -0.4 is 10.6 Å². The molecule has 100 valence electrons. The van der Waals surface area contributed by atoms with Gasteiger partial charge in [0.15, 0.2) is 0 Å². The number of nitrogens with one attached hydrogen (secondary N) is 3. The zero-order valence-corrected chi connectivity index (χ0v) is 10.5. The first kappa shape index (κ1) is 13.0. The summed E-state index contributed by atoms with van der Waals surface area (Å²) < 4.78 is 5.48. The fourth-order valence-electron chi connectivity index (χ4n) is 1.78. The Labute approximate surface area is 106 Å². The predicted octanol–water partition coefficient (Wildman–Crippen LogP) is -0.525. The molecule has 7 nitrogen and oxygen atoms in total. The van der Waals surface area contributed by atoms with Gasteiger partial charge in [0, 0.05) is 26.1 Å².